The van der Waals surface area contributed by atoms with Crippen LogP contribution in [0.2, 0.25) is 0 Å². The second-order valence-corrected chi connectivity index (χ2v) is 4.20. The molecule has 0 bridgehead atoms. The van der Waals surface area contributed by atoms with Crippen LogP contribution in [0, 0.1) is 0 Å². The third-order valence-corrected chi connectivity index (χ3v) is 3.09. The average Bonchev–Trinajstić information content (AvgIpc) is 2.04. The van der Waals surface area contributed by atoms with Crippen LogP contribution in [0.4, 0.5) is 0 Å². The molecule has 1 heterocycles. The van der Waals surface area contributed by atoms with Gasteiger partial charge in [-0.15, -0.1) is 0 Å². The first-order valence-electron chi connectivity index (χ1n) is 4.27. The highest BCUT2D eigenvalue weighted by Crippen LogP contribution is 2.30. The first-order valence-corrected chi connectivity index (χ1v) is 5.06. The first-order chi connectivity index (χ1) is 5.79. The third-order valence-electron chi connectivity index (χ3n) is 2.40. The minimum atomic E-state index is 0.629. The summed E-state index contributed by atoms with van der Waals surface area (Å²) in [5.74, 6) is 0.629. The lowest BCUT2D eigenvalue weighted by Crippen LogP contribution is -2.26. The van der Waals surface area contributed by atoms with Crippen LogP contribution >= 0.6 is 15.9 Å². The monoisotopic (exact) mass is 225 g/mol. The summed E-state index contributed by atoms with van der Waals surface area (Å²) < 4.78 is 1.26. The zero-order valence-electron chi connectivity index (χ0n) is 7.10. The maximum Gasteiger partial charge on any atom is 0.0213 e. The van der Waals surface area contributed by atoms with Crippen LogP contribution in [0.5, 0.6) is 0 Å². The molecule has 1 nitrogen and oxygen atoms in total. The van der Waals surface area contributed by atoms with Gasteiger partial charge < -0.3 is 5.32 Å². The molecule has 0 fully saturated rings. The van der Waals surface area contributed by atoms with Gasteiger partial charge in [0.15, 0.2) is 0 Å². The fraction of sp³-hybridized carbons (Fsp3) is 0.400. The molecule has 1 N–H and O–H groups in total. The molecule has 0 aromatic heterocycles. The number of fused-ring (bicyclic) bond motifs is 1. The highest BCUT2D eigenvalue weighted by Gasteiger charge is 2.17. The Kier molecular flexibility index (Phi) is 2.20. The Labute approximate surface area is 81.3 Å². The lowest BCUT2D eigenvalue weighted by molar-refractivity contribution is 0.569. The maximum atomic E-state index is 3.59. The van der Waals surface area contributed by atoms with Gasteiger partial charge in [0, 0.05) is 17.6 Å². The van der Waals surface area contributed by atoms with E-state index in [0.717, 1.165) is 13.1 Å². The molecule has 0 aliphatic carbocycles. The van der Waals surface area contributed by atoms with Crippen molar-refractivity contribution in [3.63, 3.8) is 0 Å². The molecule has 0 saturated carbocycles. The quantitative estimate of drug-likeness (QED) is 0.717. The summed E-state index contributed by atoms with van der Waals surface area (Å²) in [6.45, 7) is 4.37. The van der Waals surface area contributed by atoms with Crippen molar-refractivity contribution in [3.05, 3.63) is 33.8 Å². The van der Waals surface area contributed by atoms with E-state index in [4.69, 9.17) is 0 Å². The van der Waals surface area contributed by atoms with Crippen LogP contribution in [-0.2, 0) is 6.54 Å². The van der Waals surface area contributed by atoms with Gasteiger partial charge in [-0.05, 0) is 23.1 Å². The topological polar surface area (TPSA) is 12.0 Å². The summed E-state index contributed by atoms with van der Waals surface area (Å²) in [7, 11) is 0. The number of halogens is 1. The molecule has 0 radical (unpaired) electrons. The smallest absolute Gasteiger partial charge is 0.0213 e. The number of hydrogen-bond acceptors (Lipinski definition) is 1. The molecular weight excluding hydrogens is 214 g/mol. The van der Waals surface area contributed by atoms with Crippen LogP contribution < -0.4 is 5.32 Å². The van der Waals surface area contributed by atoms with Crippen LogP contribution in [0.3, 0.4) is 0 Å². The molecule has 1 aliphatic heterocycles. The molecule has 1 aromatic rings. The van der Waals surface area contributed by atoms with Crippen molar-refractivity contribution < 1.29 is 0 Å². The average molecular weight is 226 g/mol. The van der Waals surface area contributed by atoms with E-state index in [-0.39, 0.29) is 0 Å². The van der Waals surface area contributed by atoms with Crippen LogP contribution in [0.15, 0.2) is 22.7 Å². The van der Waals surface area contributed by atoms with Crippen molar-refractivity contribution in [2.75, 3.05) is 6.54 Å². The van der Waals surface area contributed by atoms with Crippen LogP contribution in [0.1, 0.15) is 24.0 Å². The SMILES string of the molecule is CC1CNCc2cccc(Br)c21. The number of nitrogens with one attached hydrogen (secondary N) is 1. The molecule has 12 heavy (non-hydrogen) atoms. The maximum absolute atomic E-state index is 3.59. The molecule has 1 aliphatic rings. The van der Waals surface area contributed by atoms with E-state index in [2.05, 4.69) is 46.4 Å². The fourth-order valence-electron chi connectivity index (χ4n) is 1.81. The molecule has 1 aromatic carbocycles. The van der Waals surface area contributed by atoms with E-state index in [9.17, 15) is 0 Å². The second kappa shape index (κ2) is 3.19. The zero-order chi connectivity index (χ0) is 8.55. The summed E-state index contributed by atoms with van der Waals surface area (Å²) in [6, 6.07) is 6.42. The molecular formula is C10H12BrN. The van der Waals surface area contributed by atoms with E-state index in [1.165, 1.54) is 15.6 Å². The minimum Gasteiger partial charge on any atom is -0.312 e. The van der Waals surface area contributed by atoms with Crippen molar-refractivity contribution in [1.29, 1.82) is 0 Å². The normalized spacial score (nSPS) is 22.0. The molecule has 2 rings (SSSR count). The predicted molar refractivity (Wildman–Crippen MR) is 54.3 cm³/mol. The van der Waals surface area contributed by atoms with Gasteiger partial charge in [0.2, 0.25) is 0 Å². The Morgan fingerprint density at radius 1 is 1.50 bits per heavy atom. The van der Waals surface area contributed by atoms with Gasteiger partial charge >= 0.3 is 0 Å². The summed E-state index contributed by atoms with van der Waals surface area (Å²) in [6.07, 6.45) is 0. The van der Waals surface area contributed by atoms with Gasteiger partial charge in [0.05, 0.1) is 0 Å². The van der Waals surface area contributed by atoms with Gasteiger partial charge in [0.1, 0.15) is 0 Å². The lowest BCUT2D eigenvalue weighted by Gasteiger charge is -2.24. The summed E-state index contributed by atoms with van der Waals surface area (Å²) in [4.78, 5) is 0. The molecule has 0 spiro atoms. The predicted octanol–water partition coefficient (Wildman–Crippen LogP) is 2.66. The number of rotatable bonds is 0. The molecule has 1 unspecified atom stereocenters. The Hall–Kier alpha value is -0.340. The second-order valence-electron chi connectivity index (χ2n) is 3.34. The number of benzene rings is 1. The molecule has 0 saturated heterocycles. The zero-order valence-corrected chi connectivity index (χ0v) is 8.69. The van der Waals surface area contributed by atoms with Crippen molar-refractivity contribution in [2.24, 2.45) is 0 Å². The van der Waals surface area contributed by atoms with Crippen molar-refractivity contribution in [3.8, 4) is 0 Å². The van der Waals surface area contributed by atoms with Gasteiger partial charge in [-0.25, -0.2) is 0 Å². The largest absolute Gasteiger partial charge is 0.312 e. The van der Waals surface area contributed by atoms with Gasteiger partial charge in [0.25, 0.3) is 0 Å². The van der Waals surface area contributed by atoms with Crippen molar-refractivity contribution in [2.45, 2.75) is 19.4 Å². The summed E-state index contributed by atoms with van der Waals surface area (Å²) in [5.41, 5.74) is 2.92. The lowest BCUT2D eigenvalue weighted by atomic mass is 9.92. The molecule has 1 atom stereocenters. The molecule has 0 amide bonds. The Balaban J connectivity index is 2.53. The van der Waals surface area contributed by atoms with Gasteiger partial charge in [-0.3, -0.25) is 0 Å². The summed E-state index contributed by atoms with van der Waals surface area (Å²) >= 11 is 3.59. The van der Waals surface area contributed by atoms with E-state index >= 15 is 0 Å². The standard InChI is InChI=1S/C10H12BrN/c1-7-5-12-6-8-3-2-4-9(11)10(7)8/h2-4,7,12H,5-6H2,1H3. The van der Waals surface area contributed by atoms with Crippen molar-refractivity contribution in [1.82, 2.24) is 5.32 Å². The van der Waals surface area contributed by atoms with Crippen LogP contribution in [0.25, 0.3) is 0 Å². The highest BCUT2D eigenvalue weighted by atomic mass is 79.9. The molecule has 2 heteroatoms. The van der Waals surface area contributed by atoms with E-state index in [1.807, 2.05) is 0 Å². The molecule has 64 valence electrons. The van der Waals surface area contributed by atoms with Crippen LogP contribution in [-0.4, -0.2) is 6.54 Å². The summed E-state index contributed by atoms with van der Waals surface area (Å²) in [5, 5.41) is 3.40. The van der Waals surface area contributed by atoms with E-state index in [0.29, 0.717) is 5.92 Å². The fourth-order valence-corrected chi connectivity index (χ4v) is 2.61. The highest BCUT2D eigenvalue weighted by molar-refractivity contribution is 9.10. The Morgan fingerprint density at radius 3 is 3.08 bits per heavy atom. The van der Waals surface area contributed by atoms with Crippen molar-refractivity contribution >= 4 is 15.9 Å². The third kappa shape index (κ3) is 1.29. The Morgan fingerprint density at radius 2 is 2.33 bits per heavy atom. The Bertz CT molecular complexity index is 296. The van der Waals surface area contributed by atoms with Gasteiger partial charge in [-0.1, -0.05) is 35.0 Å². The van der Waals surface area contributed by atoms with E-state index in [1.54, 1.807) is 0 Å². The first kappa shape index (κ1) is 8.27. The van der Waals surface area contributed by atoms with E-state index < -0.39 is 0 Å². The minimum absolute atomic E-state index is 0.629. The van der Waals surface area contributed by atoms with Gasteiger partial charge in [-0.2, -0.15) is 0 Å². The number of hydrogen-bond donors (Lipinski definition) is 1.